The Labute approximate surface area is 179 Å². The number of carboxylic acids is 1. The number of carbonyl (C=O) groups is 3. The Morgan fingerprint density at radius 2 is 2.11 bits per heavy atom. The van der Waals surface area contributed by atoms with Crippen molar-refractivity contribution in [2.45, 2.75) is 16.7 Å². The third-order valence-electron chi connectivity index (χ3n) is 4.21. The summed E-state index contributed by atoms with van der Waals surface area (Å²) in [6.45, 7) is 0. The SMILES string of the molecule is O=C(O)C1=C(CCl)CS[C@@H]2[C@H](NC(=O)[C@H](S)c3cc(Cl)ccc3Cl)C(=O)N12. The molecule has 1 aromatic carbocycles. The lowest BCUT2D eigenvalue weighted by Gasteiger charge is -2.49. The van der Waals surface area contributed by atoms with Crippen LogP contribution >= 0.6 is 59.2 Å². The Bertz CT molecular complexity index is 864. The average molecular weight is 468 g/mol. The van der Waals surface area contributed by atoms with Crippen molar-refractivity contribution < 1.29 is 19.5 Å². The van der Waals surface area contributed by atoms with E-state index in [9.17, 15) is 19.5 Å². The minimum absolute atomic E-state index is 0.0220. The number of amides is 2. The van der Waals surface area contributed by atoms with E-state index in [-0.39, 0.29) is 11.6 Å². The molecule has 3 rings (SSSR count). The number of β-lactam (4-membered cyclic amide) rings is 1. The normalized spacial score (nSPS) is 22.8. The molecular formula is C16H13Cl3N2O4S2. The molecule has 0 bridgehead atoms. The molecule has 11 heteroatoms. The van der Waals surface area contributed by atoms with Crippen molar-refractivity contribution in [3.8, 4) is 0 Å². The summed E-state index contributed by atoms with van der Waals surface area (Å²) in [5.41, 5.74) is 0.784. The summed E-state index contributed by atoms with van der Waals surface area (Å²) in [4.78, 5) is 37.7. The number of nitrogens with one attached hydrogen (secondary N) is 1. The van der Waals surface area contributed by atoms with Gasteiger partial charge in [0.1, 0.15) is 22.4 Å². The van der Waals surface area contributed by atoms with Crippen LogP contribution in [0.2, 0.25) is 10.0 Å². The molecule has 2 N–H and O–H groups in total. The topological polar surface area (TPSA) is 86.7 Å². The first kappa shape index (κ1) is 20.7. The van der Waals surface area contributed by atoms with Crippen LogP contribution in [0.4, 0.5) is 0 Å². The van der Waals surface area contributed by atoms with Crippen LogP contribution in [0.15, 0.2) is 29.5 Å². The predicted molar refractivity (Wildman–Crippen MR) is 109 cm³/mol. The van der Waals surface area contributed by atoms with Gasteiger partial charge in [-0.3, -0.25) is 14.5 Å². The van der Waals surface area contributed by atoms with Crippen LogP contribution in [0.5, 0.6) is 0 Å². The molecule has 2 amide bonds. The van der Waals surface area contributed by atoms with Crippen LogP contribution in [0, 0.1) is 0 Å². The van der Waals surface area contributed by atoms with Gasteiger partial charge in [0.25, 0.3) is 5.91 Å². The molecule has 6 nitrogen and oxygen atoms in total. The van der Waals surface area contributed by atoms with E-state index in [0.29, 0.717) is 26.9 Å². The molecule has 1 aromatic rings. The standard InChI is InChI=1S/C16H13Cl3N2O4S2/c17-4-6-5-27-15-10(14(23)21(15)11(6)16(24)25)20-13(22)12(26)8-3-7(18)1-2-9(8)19/h1-3,10,12,15,26H,4-5H2,(H,20,22)(H,24,25)/t10-,12-,15-/m1/s1. The van der Waals surface area contributed by atoms with Crippen molar-refractivity contribution in [2.75, 3.05) is 11.6 Å². The van der Waals surface area contributed by atoms with Gasteiger partial charge in [0.05, 0.1) is 0 Å². The second kappa shape index (κ2) is 8.13. The summed E-state index contributed by atoms with van der Waals surface area (Å²) < 4.78 is 0. The zero-order valence-corrected chi connectivity index (χ0v) is 17.5. The molecule has 2 aliphatic rings. The molecule has 144 valence electrons. The number of hydrogen-bond donors (Lipinski definition) is 3. The monoisotopic (exact) mass is 466 g/mol. The maximum Gasteiger partial charge on any atom is 0.352 e. The highest BCUT2D eigenvalue weighted by molar-refractivity contribution is 8.00. The Morgan fingerprint density at radius 3 is 2.74 bits per heavy atom. The van der Waals surface area contributed by atoms with Gasteiger partial charge >= 0.3 is 5.97 Å². The molecule has 0 saturated carbocycles. The van der Waals surface area contributed by atoms with E-state index in [1.54, 1.807) is 12.1 Å². The zero-order chi connectivity index (χ0) is 19.9. The Morgan fingerprint density at radius 1 is 1.41 bits per heavy atom. The maximum absolute atomic E-state index is 12.5. The minimum atomic E-state index is -1.22. The van der Waals surface area contributed by atoms with Crippen LogP contribution in [-0.4, -0.2) is 50.8 Å². The number of nitrogens with zero attached hydrogens (tertiary/aromatic N) is 1. The van der Waals surface area contributed by atoms with Crippen molar-refractivity contribution in [1.82, 2.24) is 10.2 Å². The predicted octanol–water partition coefficient (Wildman–Crippen LogP) is 2.94. The molecule has 2 heterocycles. The van der Waals surface area contributed by atoms with Gasteiger partial charge in [-0.25, -0.2) is 4.79 Å². The van der Waals surface area contributed by atoms with Crippen LogP contribution in [-0.2, 0) is 14.4 Å². The maximum atomic E-state index is 12.5. The molecule has 0 unspecified atom stereocenters. The largest absolute Gasteiger partial charge is 0.477 e. The Hall–Kier alpha value is -1.06. The quantitative estimate of drug-likeness (QED) is 0.352. The number of carboxylic acid groups (broad SMARTS) is 1. The molecule has 2 aliphatic heterocycles. The zero-order valence-electron chi connectivity index (χ0n) is 13.5. The Kier molecular flexibility index (Phi) is 6.22. The molecule has 0 aliphatic carbocycles. The lowest BCUT2D eigenvalue weighted by atomic mass is 10.0. The lowest BCUT2D eigenvalue weighted by molar-refractivity contribution is -0.150. The number of fused-ring (bicyclic) bond motifs is 1. The number of carbonyl (C=O) groups excluding carboxylic acids is 2. The van der Waals surface area contributed by atoms with Gasteiger partial charge in [-0.2, -0.15) is 12.6 Å². The van der Waals surface area contributed by atoms with Crippen molar-refractivity contribution >= 4 is 77.0 Å². The fourth-order valence-corrected chi connectivity index (χ4v) is 5.33. The first-order valence-corrected chi connectivity index (χ1v) is 10.5. The number of rotatable bonds is 5. The van der Waals surface area contributed by atoms with Crippen LogP contribution < -0.4 is 5.32 Å². The summed E-state index contributed by atoms with van der Waals surface area (Å²) in [6, 6.07) is 3.83. The summed E-state index contributed by atoms with van der Waals surface area (Å²) in [6.07, 6.45) is 0. The third-order valence-corrected chi connectivity index (χ3v) is 6.96. The highest BCUT2D eigenvalue weighted by Gasteiger charge is 2.54. The fourth-order valence-electron chi connectivity index (χ4n) is 2.88. The minimum Gasteiger partial charge on any atom is -0.477 e. The molecule has 0 spiro atoms. The second-order valence-corrected chi connectivity index (χ2v) is 8.59. The van der Waals surface area contributed by atoms with Gasteiger partial charge in [-0.15, -0.1) is 23.4 Å². The molecule has 3 atom stereocenters. The summed E-state index contributed by atoms with van der Waals surface area (Å²) in [7, 11) is 0. The highest BCUT2D eigenvalue weighted by Crippen LogP contribution is 2.41. The van der Waals surface area contributed by atoms with Crippen molar-refractivity contribution in [2.24, 2.45) is 0 Å². The number of thiol groups is 1. The van der Waals surface area contributed by atoms with E-state index in [4.69, 9.17) is 34.8 Å². The van der Waals surface area contributed by atoms with Crippen LogP contribution in [0.1, 0.15) is 10.8 Å². The van der Waals surface area contributed by atoms with Crippen LogP contribution in [0.25, 0.3) is 0 Å². The summed E-state index contributed by atoms with van der Waals surface area (Å²) in [5.74, 6) is -1.85. The molecule has 1 fully saturated rings. The molecule has 0 radical (unpaired) electrons. The molecule has 1 saturated heterocycles. The van der Waals surface area contributed by atoms with Gasteiger partial charge in [0.15, 0.2) is 0 Å². The fraction of sp³-hybridized carbons (Fsp3) is 0.312. The second-order valence-electron chi connectivity index (χ2n) is 5.86. The first-order valence-electron chi connectivity index (χ1n) is 7.65. The Balaban J connectivity index is 1.76. The van der Waals surface area contributed by atoms with E-state index in [1.165, 1.54) is 22.7 Å². The lowest BCUT2D eigenvalue weighted by Crippen LogP contribution is -2.70. The van der Waals surface area contributed by atoms with Crippen molar-refractivity contribution in [3.05, 3.63) is 45.1 Å². The van der Waals surface area contributed by atoms with E-state index < -0.39 is 34.4 Å². The number of benzene rings is 1. The molecule has 27 heavy (non-hydrogen) atoms. The summed E-state index contributed by atoms with van der Waals surface area (Å²) >= 11 is 23.5. The van der Waals surface area contributed by atoms with Gasteiger partial charge in [0.2, 0.25) is 5.91 Å². The van der Waals surface area contributed by atoms with E-state index in [2.05, 4.69) is 17.9 Å². The smallest absolute Gasteiger partial charge is 0.352 e. The number of aliphatic carboxylic acids is 1. The van der Waals surface area contributed by atoms with Gasteiger partial charge in [-0.05, 0) is 29.3 Å². The van der Waals surface area contributed by atoms with Gasteiger partial charge in [0, 0.05) is 21.7 Å². The van der Waals surface area contributed by atoms with E-state index in [0.717, 1.165) is 0 Å². The number of hydrogen-bond acceptors (Lipinski definition) is 5. The average Bonchev–Trinajstić information content (AvgIpc) is 2.65. The number of halogens is 3. The number of thioether (sulfide) groups is 1. The van der Waals surface area contributed by atoms with Gasteiger partial charge in [-0.1, -0.05) is 23.2 Å². The highest BCUT2D eigenvalue weighted by atomic mass is 35.5. The van der Waals surface area contributed by atoms with Crippen molar-refractivity contribution in [1.29, 1.82) is 0 Å². The molecular weight excluding hydrogens is 455 g/mol. The van der Waals surface area contributed by atoms with Crippen LogP contribution in [0.3, 0.4) is 0 Å². The third kappa shape index (κ3) is 3.78. The summed E-state index contributed by atoms with van der Waals surface area (Å²) in [5, 5.41) is 11.3. The first-order chi connectivity index (χ1) is 12.8. The van der Waals surface area contributed by atoms with Crippen molar-refractivity contribution in [3.63, 3.8) is 0 Å². The number of alkyl halides is 1. The van der Waals surface area contributed by atoms with E-state index >= 15 is 0 Å². The van der Waals surface area contributed by atoms with Gasteiger partial charge < -0.3 is 10.4 Å². The van der Waals surface area contributed by atoms with E-state index in [1.807, 2.05) is 0 Å². The molecule has 0 aromatic heterocycles.